The van der Waals surface area contributed by atoms with Crippen LogP contribution in [0, 0.1) is 0 Å². The molecule has 0 fully saturated rings. The fourth-order valence-corrected chi connectivity index (χ4v) is 4.06. The molecule has 0 aromatic heterocycles. The Labute approximate surface area is 147 Å². The highest BCUT2D eigenvalue weighted by Gasteiger charge is 2.31. The van der Waals surface area contributed by atoms with Gasteiger partial charge < -0.3 is 0 Å². The van der Waals surface area contributed by atoms with Gasteiger partial charge in [0.25, 0.3) is 0 Å². The molecule has 2 rings (SSSR count). The summed E-state index contributed by atoms with van der Waals surface area (Å²) in [6, 6.07) is 11.8. The van der Waals surface area contributed by atoms with Crippen molar-refractivity contribution < 1.29 is 21.6 Å². The summed E-state index contributed by atoms with van der Waals surface area (Å²) in [5, 5.41) is 0. The van der Waals surface area contributed by atoms with Gasteiger partial charge in [-0.3, -0.25) is 0 Å². The Kier molecular flexibility index (Phi) is 5.72. The largest absolute Gasteiger partial charge is 0.416 e. The Hall–Kier alpha value is -1.38. The standard InChI is InChI=1S/C16H15BrF3NO2S/c1-11(17)15(12-5-3-2-4-6-12)21-24(22,23)14-9-7-13(8-10-14)16(18,19)20/h2-11,15,21H,1H3/t11-,15-/m1/s1. The molecule has 24 heavy (non-hydrogen) atoms. The lowest BCUT2D eigenvalue weighted by atomic mass is 10.1. The van der Waals surface area contributed by atoms with Crippen molar-refractivity contribution in [1.29, 1.82) is 0 Å². The van der Waals surface area contributed by atoms with E-state index in [1.165, 1.54) is 0 Å². The van der Waals surface area contributed by atoms with Crippen LogP contribution in [-0.4, -0.2) is 13.2 Å². The predicted molar refractivity (Wildman–Crippen MR) is 89.3 cm³/mol. The summed E-state index contributed by atoms with van der Waals surface area (Å²) in [7, 11) is -3.96. The number of halogens is 4. The van der Waals surface area contributed by atoms with Gasteiger partial charge in [0.1, 0.15) is 0 Å². The molecule has 8 heteroatoms. The zero-order chi connectivity index (χ0) is 18.0. The van der Waals surface area contributed by atoms with Crippen molar-refractivity contribution in [1.82, 2.24) is 4.72 Å². The van der Waals surface area contributed by atoms with Crippen LogP contribution in [0.5, 0.6) is 0 Å². The number of alkyl halides is 4. The van der Waals surface area contributed by atoms with Crippen LogP contribution in [-0.2, 0) is 16.2 Å². The molecule has 0 heterocycles. The number of nitrogens with one attached hydrogen (secondary N) is 1. The third-order valence-electron chi connectivity index (χ3n) is 3.39. The Morgan fingerprint density at radius 3 is 2.00 bits per heavy atom. The van der Waals surface area contributed by atoms with Crippen molar-refractivity contribution >= 4 is 26.0 Å². The van der Waals surface area contributed by atoms with Gasteiger partial charge in [-0.1, -0.05) is 53.2 Å². The summed E-state index contributed by atoms with van der Waals surface area (Å²) in [6.07, 6.45) is -4.51. The normalized spacial score (nSPS) is 15.0. The van der Waals surface area contributed by atoms with Gasteiger partial charge in [0.05, 0.1) is 16.5 Å². The average Bonchev–Trinajstić information content (AvgIpc) is 2.52. The monoisotopic (exact) mass is 421 g/mol. The zero-order valence-electron chi connectivity index (χ0n) is 12.6. The second-order valence-corrected chi connectivity index (χ2v) is 8.37. The Bertz CT molecular complexity index is 775. The van der Waals surface area contributed by atoms with Gasteiger partial charge in [-0.05, 0) is 29.8 Å². The molecule has 0 radical (unpaired) electrons. The fraction of sp³-hybridized carbons (Fsp3) is 0.250. The summed E-state index contributed by atoms with van der Waals surface area (Å²) in [6.45, 7) is 1.78. The second-order valence-electron chi connectivity index (χ2n) is 5.21. The molecule has 2 aromatic rings. The smallest absolute Gasteiger partial charge is 0.207 e. The lowest BCUT2D eigenvalue weighted by molar-refractivity contribution is -0.137. The molecule has 0 unspecified atom stereocenters. The zero-order valence-corrected chi connectivity index (χ0v) is 15.0. The van der Waals surface area contributed by atoms with Gasteiger partial charge in [-0.25, -0.2) is 13.1 Å². The minimum atomic E-state index is -4.51. The summed E-state index contributed by atoms with van der Waals surface area (Å²) in [5.41, 5.74) is -0.146. The molecule has 0 spiro atoms. The van der Waals surface area contributed by atoms with Crippen LogP contribution in [0.4, 0.5) is 13.2 Å². The number of hydrogen-bond acceptors (Lipinski definition) is 2. The van der Waals surface area contributed by atoms with Gasteiger partial charge in [0.15, 0.2) is 0 Å². The van der Waals surface area contributed by atoms with E-state index < -0.39 is 27.8 Å². The minimum Gasteiger partial charge on any atom is -0.207 e. The molecule has 0 amide bonds. The van der Waals surface area contributed by atoms with E-state index in [2.05, 4.69) is 20.7 Å². The SMILES string of the molecule is C[C@@H](Br)[C@@H](NS(=O)(=O)c1ccc(C(F)(F)F)cc1)c1ccccc1. The maximum Gasteiger partial charge on any atom is 0.416 e. The predicted octanol–water partition coefficient (Wildman–Crippen LogP) is 4.51. The van der Waals surface area contributed by atoms with E-state index in [1.54, 1.807) is 31.2 Å². The van der Waals surface area contributed by atoms with E-state index in [1.807, 2.05) is 6.07 Å². The molecule has 2 atom stereocenters. The molecule has 1 N–H and O–H groups in total. The van der Waals surface area contributed by atoms with Crippen molar-refractivity contribution in [2.45, 2.75) is 28.9 Å². The first-order valence-corrected chi connectivity index (χ1v) is 9.40. The van der Waals surface area contributed by atoms with E-state index in [4.69, 9.17) is 0 Å². The highest BCUT2D eigenvalue weighted by atomic mass is 79.9. The molecule has 2 aromatic carbocycles. The van der Waals surface area contributed by atoms with Crippen LogP contribution in [0.1, 0.15) is 24.1 Å². The van der Waals surface area contributed by atoms with Gasteiger partial charge in [0, 0.05) is 4.83 Å². The van der Waals surface area contributed by atoms with Crippen LogP contribution in [0.25, 0.3) is 0 Å². The van der Waals surface area contributed by atoms with Gasteiger partial charge in [0.2, 0.25) is 10.0 Å². The van der Waals surface area contributed by atoms with Crippen LogP contribution in [0.15, 0.2) is 59.5 Å². The average molecular weight is 422 g/mol. The quantitative estimate of drug-likeness (QED) is 0.721. The van der Waals surface area contributed by atoms with Crippen LogP contribution in [0.2, 0.25) is 0 Å². The molecule has 0 aliphatic heterocycles. The van der Waals surface area contributed by atoms with Crippen LogP contribution in [0.3, 0.4) is 0 Å². The molecule has 0 aliphatic rings. The van der Waals surface area contributed by atoms with Crippen LogP contribution >= 0.6 is 15.9 Å². The molecule has 3 nitrogen and oxygen atoms in total. The van der Waals surface area contributed by atoms with Gasteiger partial charge in [-0.15, -0.1) is 0 Å². The Morgan fingerprint density at radius 2 is 1.54 bits per heavy atom. The molecular formula is C16H15BrF3NO2S. The molecular weight excluding hydrogens is 407 g/mol. The number of rotatable bonds is 5. The van der Waals surface area contributed by atoms with Crippen molar-refractivity contribution in [2.75, 3.05) is 0 Å². The molecule has 0 saturated heterocycles. The van der Waals surface area contributed by atoms with Crippen molar-refractivity contribution in [3.63, 3.8) is 0 Å². The van der Waals surface area contributed by atoms with E-state index in [-0.39, 0.29) is 9.72 Å². The Balaban J connectivity index is 2.29. The number of hydrogen-bond donors (Lipinski definition) is 1. The van der Waals surface area contributed by atoms with Gasteiger partial charge >= 0.3 is 6.18 Å². The summed E-state index contributed by atoms with van der Waals surface area (Å²) >= 11 is 3.36. The highest BCUT2D eigenvalue weighted by molar-refractivity contribution is 9.09. The summed E-state index contributed by atoms with van der Waals surface area (Å²) in [4.78, 5) is -0.436. The van der Waals surface area contributed by atoms with Crippen molar-refractivity contribution in [2.24, 2.45) is 0 Å². The van der Waals surface area contributed by atoms with Gasteiger partial charge in [-0.2, -0.15) is 13.2 Å². The third kappa shape index (κ3) is 4.58. The number of sulfonamides is 1. The van der Waals surface area contributed by atoms with E-state index in [0.29, 0.717) is 0 Å². The number of benzene rings is 2. The maximum atomic E-state index is 12.6. The minimum absolute atomic E-state index is 0.218. The first-order chi connectivity index (χ1) is 11.1. The molecule has 0 aliphatic carbocycles. The van der Waals surface area contributed by atoms with E-state index in [0.717, 1.165) is 29.8 Å². The first-order valence-electron chi connectivity index (χ1n) is 7.00. The van der Waals surface area contributed by atoms with Crippen LogP contribution < -0.4 is 4.72 Å². The van der Waals surface area contributed by atoms with Crippen molar-refractivity contribution in [3.05, 3.63) is 65.7 Å². The lowest BCUT2D eigenvalue weighted by Gasteiger charge is -2.22. The fourth-order valence-electron chi connectivity index (χ4n) is 2.15. The van der Waals surface area contributed by atoms with Crippen molar-refractivity contribution in [3.8, 4) is 0 Å². The topological polar surface area (TPSA) is 46.2 Å². The summed E-state index contributed by atoms with van der Waals surface area (Å²) in [5.74, 6) is 0. The lowest BCUT2D eigenvalue weighted by Crippen LogP contribution is -2.33. The summed E-state index contributed by atoms with van der Waals surface area (Å²) < 4.78 is 65.2. The molecule has 0 saturated carbocycles. The Morgan fingerprint density at radius 1 is 1.00 bits per heavy atom. The van der Waals surface area contributed by atoms with E-state index in [9.17, 15) is 21.6 Å². The molecule has 130 valence electrons. The second kappa shape index (κ2) is 7.25. The highest BCUT2D eigenvalue weighted by Crippen LogP contribution is 2.30. The third-order valence-corrected chi connectivity index (χ3v) is 5.38. The first kappa shape index (κ1) is 19.0. The van der Waals surface area contributed by atoms with E-state index >= 15 is 0 Å². The molecule has 0 bridgehead atoms. The maximum absolute atomic E-state index is 12.6.